The van der Waals surface area contributed by atoms with E-state index in [4.69, 9.17) is 0 Å². The lowest BCUT2D eigenvalue weighted by Gasteiger charge is -2.13. The van der Waals surface area contributed by atoms with Crippen LogP contribution in [-0.4, -0.2) is 45.5 Å². The predicted molar refractivity (Wildman–Crippen MR) is 134 cm³/mol. The zero-order chi connectivity index (χ0) is 26.6. The number of aldehydes is 1. The Morgan fingerprint density at radius 2 is 1.69 bits per heavy atom. The molecule has 1 aromatic heterocycles. The van der Waals surface area contributed by atoms with Crippen LogP contribution in [-0.2, 0) is 26.9 Å². The molecule has 2 aromatic carbocycles. The number of rotatable bonds is 6. The molecule has 1 unspecified atom stereocenters. The molecule has 0 bridgehead atoms. The molecule has 1 amide bonds. The molecule has 1 atom stereocenters. The highest BCUT2D eigenvalue weighted by molar-refractivity contribution is 5.75. The van der Waals surface area contributed by atoms with Crippen molar-refractivity contribution in [1.29, 1.82) is 0 Å². The Hall–Kier alpha value is -3.92. The van der Waals surface area contributed by atoms with Crippen molar-refractivity contribution in [3.8, 4) is 11.1 Å². The van der Waals surface area contributed by atoms with Gasteiger partial charge in [0.2, 0.25) is 6.41 Å². The third kappa shape index (κ3) is 7.81. The average molecular weight is 503 g/mol. The topological polar surface area (TPSA) is 92.3 Å². The van der Waals surface area contributed by atoms with Gasteiger partial charge in [0.25, 0.3) is 0 Å². The molecule has 10 heteroatoms. The van der Waals surface area contributed by atoms with Crippen molar-refractivity contribution in [3.05, 3.63) is 77.5 Å². The van der Waals surface area contributed by atoms with Gasteiger partial charge in [-0.1, -0.05) is 24.3 Å². The van der Waals surface area contributed by atoms with Gasteiger partial charge in [0.1, 0.15) is 12.1 Å². The molecule has 36 heavy (non-hydrogen) atoms. The number of alkyl halides is 3. The molecule has 192 valence electrons. The van der Waals surface area contributed by atoms with Crippen LogP contribution in [0.25, 0.3) is 11.1 Å². The number of carbonyl (C=O) groups excluding carboxylic acids is 2. The SMILES string of the molecule is CNc1ccc(C(F)(F)F)cc1.COC.O=CCc1ccc(-c2ccnc3c2C(NC=O)CN3)cc1. The lowest BCUT2D eigenvalue weighted by Crippen LogP contribution is -2.21. The highest BCUT2D eigenvalue weighted by Gasteiger charge is 2.30. The van der Waals surface area contributed by atoms with Crippen molar-refractivity contribution in [3.63, 3.8) is 0 Å². The van der Waals surface area contributed by atoms with Crippen LogP contribution in [0.2, 0.25) is 0 Å². The second-order valence-corrected chi connectivity index (χ2v) is 7.64. The zero-order valence-corrected chi connectivity index (χ0v) is 20.2. The first-order valence-electron chi connectivity index (χ1n) is 11.0. The van der Waals surface area contributed by atoms with Gasteiger partial charge in [-0.05, 0) is 47.0 Å². The van der Waals surface area contributed by atoms with Gasteiger partial charge in [-0.25, -0.2) is 4.98 Å². The van der Waals surface area contributed by atoms with E-state index in [1.807, 2.05) is 30.3 Å². The minimum Gasteiger partial charge on any atom is -0.388 e. The summed E-state index contributed by atoms with van der Waals surface area (Å²) >= 11 is 0. The maximum Gasteiger partial charge on any atom is 0.416 e. The highest BCUT2D eigenvalue weighted by atomic mass is 19.4. The molecule has 3 aromatic rings. The lowest BCUT2D eigenvalue weighted by atomic mass is 9.96. The fourth-order valence-electron chi connectivity index (χ4n) is 3.49. The fraction of sp³-hybridized carbons (Fsp3) is 0.269. The standard InChI is InChI=1S/C16H15N3O2.C8H8F3N.C2H6O/c20-8-6-11-1-3-12(4-2-11)13-5-7-17-16-15(13)14(9-18-16)19-10-21;1-12-7-4-2-6(3-5-7)8(9,10)11;1-3-2/h1-5,7-8,10,14H,6,9H2,(H,17,18)(H,19,21);2-5,12H,1H3;1-2H3. The largest absolute Gasteiger partial charge is 0.416 e. The number of anilines is 2. The number of ether oxygens (including phenoxy) is 1. The second-order valence-electron chi connectivity index (χ2n) is 7.64. The molecular formula is C26H29F3N4O3. The van der Waals surface area contributed by atoms with E-state index < -0.39 is 11.7 Å². The summed E-state index contributed by atoms with van der Waals surface area (Å²) in [4.78, 5) is 25.6. The molecule has 7 nitrogen and oxygen atoms in total. The molecule has 3 N–H and O–H groups in total. The molecule has 1 aliphatic heterocycles. The molecule has 0 saturated carbocycles. The van der Waals surface area contributed by atoms with Crippen LogP contribution in [0.15, 0.2) is 60.8 Å². The van der Waals surface area contributed by atoms with E-state index in [0.717, 1.165) is 46.5 Å². The first kappa shape index (κ1) is 28.3. The van der Waals surface area contributed by atoms with Gasteiger partial charge < -0.3 is 25.5 Å². The van der Waals surface area contributed by atoms with Gasteiger partial charge in [0.15, 0.2) is 0 Å². The van der Waals surface area contributed by atoms with Gasteiger partial charge >= 0.3 is 6.18 Å². The van der Waals surface area contributed by atoms with Gasteiger partial charge in [0, 0.05) is 51.7 Å². The van der Waals surface area contributed by atoms with Gasteiger partial charge in [-0.3, -0.25) is 4.79 Å². The average Bonchev–Trinajstić information content (AvgIpc) is 3.29. The van der Waals surface area contributed by atoms with Crippen molar-refractivity contribution in [2.45, 2.75) is 18.6 Å². The highest BCUT2D eigenvalue weighted by Crippen LogP contribution is 2.36. The molecule has 0 aliphatic carbocycles. The number of carbonyl (C=O) groups is 2. The molecule has 0 spiro atoms. The summed E-state index contributed by atoms with van der Waals surface area (Å²) in [7, 11) is 4.91. The van der Waals surface area contributed by atoms with Crippen molar-refractivity contribution >= 4 is 24.2 Å². The normalized spacial score (nSPS) is 13.6. The zero-order valence-electron chi connectivity index (χ0n) is 20.2. The maximum absolute atomic E-state index is 12.0. The number of nitrogens with zero attached hydrogens (tertiary/aromatic N) is 1. The van der Waals surface area contributed by atoms with Crippen LogP contribution in [0.5, 0.6) is 0 Å². The molecule has 1 aliphatic rings. The van der Waals surface area contributed by atoms with Crippen molar-refractivity contribution in [2.24, 2.45) is 0 Å². The van der Waals surface area contributed by atoms with Crippen LogP contribution < -0.4 is 16.0 Å². The molecule has 0 fully saturated rings. The van der Waals surface area contributed by atoms with E-state index in [1.165, 1.54) is 12.1 Å². The smallest absolute Gasteiger partial charge is 0.388 e. The Labute approximate surface area is 208 Å². The summed E-state index contributed by atoms with van der Waals surface area (Å²) in [5.41, 5.74) is 4.13. The Morgan fingerprint density at radius 3 is 2.22 bits per heavy atom. The summed E-state index contributed by atoms with van der Waals surface area (Å²) < 4.78 is 40.3. The predicted octanol–water partition coefficient (Wildman–Crippen LogP) is 4.71. The van der Waals surface area contributed by atoms with Gasteiger partial charge in [0.05, 0.1) is 11.6 Å². The number of fused-ring (bicyclic) bond motifs is 1. The summed E-state index contributed by atoms with van der Waals surface area (Å²) in [6.45, 7) is 0.640. The quantitative estimate of drug-likeness (QED) is 0.423. The van der Waals surface area contributed by atoms with Crippen molar-refractivity contribution < 1.29 is 27.5 Å². The molecule has 0 radical (unpaired) electrons. The minimum atomic E-state index is -4.24. The summed E-state index contributed by atoms with van der Waals surface area (Å²) in [5, 5.41) is 8.75. The lowest BCUT2D eigenvalue weighted by molar-refractivity contribution is -0.137. The van der Waals surface area contributed by atoms with Crippen LogP contribution >= 0.6 is 0 Å². The maximum atomic E-state index is 12.0. The number of nitrogens with one attached hydrogen (secondary N) is 3. The Morgan fingerprint density at radius 1 is 1.06 bits per heavy atom. The summed E-state index contributed by atoms with van der Waals surface area (Å²) in [6.07, 6.45) is -0.458. The van der Waals surface area contributed by atoms with E-state index in [9.17, 15) is 22.8 Å². The van der Waals surface area contributed by atoms with Crippen molar-refractivity contribution in [2.75, 3.05) is 38.4 Å². The minimum absolute atomic E-state index is 0.0733. The molecule has 0 saturated heterocycles. The monoisotopic (exact) mass is 502 g/mol. The number of hydrogen-bond acceptors (Lipinski definition) is 6. The third-order valence-corrected chi connectivity index (χ3v) is 5.17. The fourth-order valence-corrected chi connectivity index (χ4v) is 3.49. The molecular weight excluding hydrogens is 473 g/mol. The third-order valence-electron chi connectivity index (χ3n) is 5.17. The number of methoxy groups -OCH3 is 1. The van der Waals surface area contributed by atoms with Gasteiger partial charge in [-0.2, -0.15) is 13.2 Å². The Bertz CT molecular complexity index is 1100. The van der Waals surface area contributed by atoms with Crippen LogP contribution in [0.4, 0.5) is 24.7 Å². The molecule has 4 rings (SSSR count). The van der Waals surface area contributed by atoms with Gasteiger partial charge in [-0.15, -0.1) is 0 Å². The van der Waals surface area contributed by atoms with E-state index in [-0.39, 0.29) is 6.04 Å². The number of amides is 1. The number of pyridine rings is 1. The second kappa shape index (κ2) is 13.8. The number of aromatic nitrogens is 1. The van der Waals surface area contributed by atoms with Crippen LogP contribution in [0.1, 0.15) is 22.7 Å². The summed E-state index contributed by atoms with van der Waals surface area (Å²) in [6, 6.07) is 14.6. The van der Waals surface area contributed by atoms with E-state index in [1.54, 1.807) is 27.5 Å². The summed E-state index contributed by atoms with van der Waals surface area (Å²) in [5.74, 6) is 0.809. The van der Waals surface area contributed by atoms with E-state index >= 15 is 0 Å². The first-order chi connectivity index (χ1) is 17.3. The molecule has 2 heterocycles. The first-order valence-corrected chi connectivity index (χ1v) is 11.0. The van der Waals surface area contributed by atoms with Crippen LogP contribution in [0, 0.1) is 0 Å². The number of benzene rings is 2. The Balaban J connectivity index is 0.000000258. The number of halogens is 3. The van der Waals surface area contributed by atoms with E-state index in [2.05, 4.69) is 25.7 Å². The van der Waals surface area contributed by atoms with Crippen LogP contribution in [0.3, 0.4) is 0 Å². The Kier molecular flexibility index (Phi) is 10.9. The van der Waals surface area contributed by atoms with Crippen molar-refractivity contribution in [1.82, 2.24) is 10.3 Å². The number of hydrogen-bond donors (Lipinski definition) is 3. The van der Waals surface area contributed by atoms with E-state index in [0.29, 0.717) is 25.1 Å².